The number of hydrogen-bond donors (Lipinski definition) is 1. The maximum absolute atomic E-state index is 14.2. The Morgan fingerprint density at radius 1 is 1.11 bits per heavy atom. The fraction of sp³-hybridized carbons (Fsp3) is 0.455. The summed E-state index contributed by atoms with van der Waals surface area (Å²) in [5, 5.41) is 2.78. The van der Waals surface area contributed by atoms with Crippen LogP contribution in [0.15, 0.2) is 43.0 Å². The summed E-state index contributed by atoms with van der Waals surface area (Å²) in [6, 6.07) is 2.87. The van der Waals surface area contributed by atoms with Crippen molar-refractivity contribution in [3.8, 4) is 5.75 Å². The van der Waals surface area contributed by atoms with Gasteiger partial charge in [0.1, 0.15) is 12.1 Å². The number of halogens is 7. The summed E-state index contributed by atoms with van der Waals surface area (Å²) in [5.74, 6) is -3.09. The maximum Gasteiger partial charge on any atom is 0.499 e. The van der Waals surface area contributed by atoms with Crippen LogP contribution in [0.3, 0.4) is 0 Å². The third-order valence-electron chi connectivity index (χ3n) is 5.65. The number of hydrogen-bond acceptors (Lipinski definition) is 6. The molecule has 1 N–H and O–H groups in total. The Morgan fingerprint density at radius 3 is 2.19 bits per heavy atom. The van der Waals surface area contributed by atoms with Crippen LogP contribution in [-0.4, -0.2) is 59.0 Å². The van der Waals surface area contributed by atoms with E-state index in [0.717, 1.165) is 18.5 Å². The minimum atomic E-state index is -5.98. The van der Waals surface area contributed by atoms with Gasteiger partial charge < -0.3 is 14.8 Å². The molecule has 0 bridgehead atoms. The summed E-state index contributed by atoms with van der Waals surface area (Å²) < 4.78 is 87.3. The van der Waals surface area contributed by atoms with Gasteiger partial charge in [-0.1, -0.05) is 11.6 Å². The van der Waals surface area contributed by atoms with Crippen LogP contribution >= 0.6 is 11.6 Å². The number of nitrogens with one attached hydrogen (secondary N) is 1. The highest BCUT2D eigenvalue weighted by atomic mass is 35.5. The predicted octanol–water partition coefficient (Wildman–Crippen LogP) is 4.09. The van der Waals surface area contributed by atoms with Gasteiger partial charge in [0.15, 0.2) is 5.54 Å². The molecule has 2 amide bonds. The van der Waals surface area contributed by atoms with Crippen LogP contribution in [-0.2, 0) is 19.9 Å². The highest BCUT2D eigenvalue weighted by Crippen LogP contribution is 2.39. The van der Waals surface area contributed by atoms with E-state index in [1.165, 1.54) is 19.3 Å². The molecule has 3 rings (SSSR count). The first-order valence-electron chi connectivity index (χ1n) is 10.8. The number of alkyl halides is 7. The van der Waals surface area contributed by atoms with Crippen LogP contribution in [0.5, 0.6) is 5.75 Å². The molecule has 0 radical (unpaired) electrons. The normalized spacial score (nSPS) is 17.4. The first-order valence-corrected chi connectivity index (χ1v) is 11.2. The molecule has 1 aliphatic heterocycles. The van der Waals surface area contributed by atoms with Gasteiger partial charge >= 0.3 is 12.3 Å². The van der Waals surface area contributed by atoms with Crippen LogP contribution in [0, 0.1) is 0 Å². The second-order valence-corrected chi connectivity index (χ2v) is 8.53. The van der Waals surface area contributed by atoms with E-state index in [2.05, 4.69) is 20.0 Å². The number of ether oxygens (including phenoxy) is 2. The lowest BCUT2D eigenvalue weighted by Crippen LogP contribution is -2.60. The van der Waals surface area contributed by atoms with Crippen LogP contribution in [0.2, 0.25) is 0 Å². The topological polar surface area (TPSA) is 93.6 Å². The lowest BCUT2D eigenvalue weighted by Gasteiger charge is -2.41. The molecule has 0 unspecified atom stereocenters. The van der Waals surface area contributed by atoms with Gasteiger partial charge in [-0.05, 0) is 44.0 Å². The molecule has 1 aliphatic rings. The van der Waals surface area contributed by atoms with Crippen molar-refractivity contribution in [2.75, 3.05) is 18.1 Å². The number of aromatic nitrogens is 2. The molecule has 15 heteroatoms. The minimum Gasteiger partial charge on any atom is -0.426 e. The van der Waals surface area contributed by atoms with E-state index in [1.54, 1.807) is 0 Å². The number of amides is 2. The SMILES string of the molecule is C[C@@](C(=O)NC1CCOCC1)(c1cncnc1)N(C(=O)[C@H](F)Cl)c1ccc(OC(F)(F)C(F)(F)F)cc1. The van der Waals surface area contributed by atoms with Gasteiger partial charge in [0.2, 0.25) is 0 Å². The fourth-order valence-electron chi connectivity index (χ4n) is 3.65. The molecule has 1 saturated heterocycles. The number of rotatable bonds is 8. The zero-order valence-electron chi connectivity index (χ0n) is 19.1. The summed E-state index contributed by atoms with van der Waals surface area (Å²) in [6.07, 6.45) is -6.99. The number of carbonyl (C=O) groups excluding carboxylic acids is 2. The molecule has 8 nitrogen and oxygen atoms in total. The third-order valence-corrected chi connectivity index (χ3v) is 5.83. The van der Waals surface area contributed by atoms with Crippen molar-refractivity contribution in [2.24, 2.45) is 0 Å². The number of benzene rings is 1. The first kappa shape index (κ1) is 28.4. The van der Waals surface area contributed by atoms with Gasteiger partial charge in [-0.25, -0.2) is 14.4 Å². The van der Waals surface area contributed by atoms with E-state index < -0.39 is 41.0 Å². The molecule has 1 fully saturated rings. The molecule has 2 atom stereocenters. The molecular formula is C22H21ClF6N4O4. The number of nitrogens with zero attached hydrogens (tertiary/aromatic N) is 3. The van der Waals surface area contributed by atoms with Crippen molar-refractivity contribution >= 4 is 29.1 Å². The maximum atomic E-state index is 14.2. The monoisotopic (exact) mass is 554 g/mol. The van der Waals surface area contributed by atoms with Gasteiger partial charge in [0, 0.05) is 42.9 Å². The average Bonchev–Trinajstić information content (AvgIpc) is 2.85. The van der Waals surface area contributed by atoms with Gasteiger partial charge in [0.05, 0.1) is 0 Å². The molecule has 2 heterocycles. The van der Waals surface area contributed by atoms with Gasteiger partial charge in [-0.2, -0.15) is 22.0 Å². The van der Waals surface area contributed by atoms with Gasteiger partial charge in [0.25, 0.3) is 17.4 Å². The van der Waals surface area contributed by atoms with Crippen LogP contribution in [0.25, 0.3) is 0 Å². The molecule has 202 valence electrons. The van der Waals surface area contributed by atoms with E-state index in [-0.39, 0.29) is 17.3 Å². The minimum absolute atomic E-state index is 0.0363. The molecule has 0 saturated carbocycles. The number of anilines is 1. The Hall–Kier alpha value is -3.13. The van der Waals surface area contributed by atoms with Crippen molar-refractivity contribution in [3.05, 3.63) is 48.5 Å². The van der Waals surface area contributed by atoms with Gasteiger partial charge in [-0.15, -0.1) is 0 Å². The summed E-state index contributed by atoms with van der Waals surface area (Å²) in [5.41, 5.74) is -4.90. The zero-order valence-corrected chi connectivity index (χ0v) is 19.9. The Labute approximate surface area is 211 Å². The summed E-state index contributed by atoms with van der Waals surface area (Å²) >= 11 is 5.45. The van der Waals surface area contributed by atoms with Crippen molar-refractivity contribution in [2.45, 2.75) is 49.3 Å². The molecule has 0 spiro atoms. The molecular weight excluding hydrogens is 534 g/mol. The van der Waals surface area contributed by atoms with E-state index in [0.29, 0.717) is 43.1 Å². The highest BCUT2D eigenvalue weighted by Gasteiger charge is 2.61. The van der Waals surface area contributed by atoms with Crippen molar-refractivity contribution in [1.29, 1.82) is 0 Å². The molecule has 37 heavy (non-hydrogen) atoms. The van der Waals surface area contributed by atoms with Crippen LogP contribution in [0.1, 0.15) is 25.3 Å². The van der Waals surface area contributed by atoms with Crippen molar-refractivity contribution in [3.63, 3.8) is 0 Å². The van der Waals surface area contributed by atoms with Crippen LogP contribution in [0.4, 0.5) is 32.0 Å². The summed E-state index contributed by atoms with van der Waals surface area (Å²) in [4.78, 5) is 35.0. The second-order valence-electron chi connectivity index (χ2n) is 8.14. The second kappa shape index (κ2) is 11.1. The van der Waals surface area contributed by atoms with E-state index in [9.17, 15) is 35.9 Å². The lowest BCUT2D eigenvalue weighted by molar-refractivity contribution is -0.360. The number of carbonyl (C=O) groups is 2. The van der Waals surface area contributed by atoms with Crippen molar-refractivity contribution in [1.82, 2.24) is 15.3 Å². The Bertz CT molecular complexity index is 1080. The smallest absolute Gasteiger partial charge is 0.426 e. The van der Waals surface area contributed by atoms with Crippen molar-refractivity contribution < 1.29 is 45.4 Å². The average molecular weight is 555 g/mol. The Morgan fingerprint density at radius 2 is 1.68 bits per heavy atom. The largest absolute Gasteiger partial charge is 0.499 e. The molecule has 0 aliphatic carbocycles. The Kier molecular flexibility index (Phi) is 8.52. The molecule has 1 aromatic heterocycles. The van der Waals surface area contributed by atoms with E-state index in [4.69, 9.17) is 16.3 Å². The standard InChI is InChI=1S/C22H21ClF6N4O4/c1-20(13-10-30-12-31-11-13,19(35)32-14-6-8-36-9-7-14)33(18(34)17(23)24)15-2-4-16(5-3-15)37-22(28,29)21(25,26)27/h2-5,10-12,14,17H,6-9H2,1H3,(H,32,35)/t17-,20-/m0/s1. The summed E-state index contributed by atoms with van der Waals surface area (Å²) in [6.45, 7) is 2.01. The quantitative estimate of drug-likeness (QED) is 0.390. The van der Waals surface area contributed by atoms with E-state index in [1.807, 2.05) is 0 Å². The molecule has 1 aromatic carbocycles. The highest BCUT2D eigenvalue weighted by molar-refractivity contribution is 6.32. The molecule has 2 aromatic rings. The van der Waals surface area contributed by atoms with Gasteiger partial charge in [-0.3, -0.25) is 14.5 Å². The van der Waals surface area contributed by atoms with Crippen LogP contribution < -0.4 is 15.0 Å². The zero-order chi connectivity index (χ0) is 27.4. The Balaban J connectivity index is 2.05. The fourth-order valence-corrected chi connectivity index (χ4v) is 3.75. The predicted molar refractivity (Wildman–Crippen MR) is 118 cm³/mol. The van der Waals surface area contributed by atoms with E-state index >= 15 is 0 Å². The summed E-state index contributed by atoms with van der Waals surface area (Å²) in [7, 11) is 0. The first-order chi connectivity index (χ1) is 17.3. The lowest BCUT2D eigenvalue weighted by atomic mass is 9.89. The third kappa shape index (κ3) is 6.24.